The Morgan fingerprint density at radius 2 is 1.97 bits per heavy atom. The molecule has 0 saturated heterocycles. The summed E-state index contributed by atoms with van der Waals surface area (Å²) in [4.78, 5) is 11.1. The van der Waals surface area contributed by atoms with Gasteiger partial charge in [-0.2, -0.15) is 0 Å². The Morgan fingerprint density at radius 1 is 1.10 bits per heavy atom. The predicted molar refractivity (Wildman–Crippen MR) is 122 cm³/mol. The van der Waals surface area contributed by atoms with E-state index in [0.717, 1.165) is 38.2 Å². The van der Waals surface area contributed by atoms with Crippen molar-refractivity contribution < 1.29 is 0 Å². The van der Waals surface area contributed by atoms with Crippen molar-refractivity contribution in [3.8, 4) is 22.4 Å². The van der Waals surface area contributed by atoms with Gasteiger partial charge >= 0.3 is 0 Å². The van der Waals surface area contributed by atoms with Crippen molar-refractivity contribution in [1.29, 1.82) is 0 Å². The molecule has 0 unspecified atom stereocenters. The first kappa shape index (κ1) is 19.0. The van der Waals surface area contributed by atoms with Crippen LogP contribution in [0.1, 0.15) is 31.2 Å². The molecule has 6 heteroatoms. The van der Waals surface area contributed by atoms with E-state index in [9.17, 15) is 0 Å². The topological polar surface area (TPSA) is 54.2 Å². The largest absolute Gasteiger partial charge is 0.388 e. The number of anilines is 2. The number of hydrogen-bond acceptors (Lipinski definition) is 5. The summed E-state index contributed by atoms with van der Waals surface area (Å²) in [7, 11) is 1.91. The van der Waals surface area contributed by atoms with Crippen LogP contribution in [-0.2, 0) is 0 Å². The number of benzene rings is 1. The van der Waals surface area contributed by atoms with Gasteiger partial charge < -0.3 is 10.6 Å². The van der Waals surface area contributed by atoms with Crippen molar-refractivity contribution in [2.75, 3.05) is 17.7 Å². The van der Waals surface area contributed by atoms with E-state index >= 15 is 0 Å². The van der Waals surface area contributed by atoms with Gasteiger partial charge in [0.05, 0.1) is 16.0 Å². The second kappa shape index (κ2) is 7.61. The summed E-state index contributed by atoms with van der Waals surface area (Å²) < 4.78 is 2.04. The maximum absolute atomic E-state index is 4.81. The zero-order valence-electron chi connectivity index (χ0n) is 16.9. The van der Waals surface area contributed by atoms with Gasteiger partial charge in [-0.3, -0.25) is 9.38 Å². The molecule has 3 heterocycles. The molecular formula is C23H23N5S. The molecule has 3 aromatic heterocycles. The van der Waals surface area contributed by atoms with Gasteiger partial charge in [0, 0.05) is 36.2 Å². The zero-order valence-corrected chi connectivity index (χ0v) is 17.8. The molecule has 146 valence electrons. The lowest BCUT2D eigenvalue weighted by Crippen LogP contribution is -2.27. The molecule has 0 fully saturated rings. The van der Waals surface area contributed by atoms with Crippen LogP contribution in [0.5, 0.6) is 0 Å². The minimum absolute atomic E-state index is 0.0911. The Morgan fingerprint density at radius 3 is 2.76 bits per heavy atom. The average molecular weight is 402 g/mol. The Hall–Kier alpha value is -3.30. The zero-order chi connectivity index (χ0) is 20.4. The Balaban J connectivity index is 1.70. The number of hydrogen-bond donors (Lipinski definition) is 2. The molecule has 0 aliphatic rings. The van der Waals surface area contributed by atoms with Crippen LogP contribution in [-0.4, -0.2) is 27.0 Å². The van der Waals surface area contributed by atoms with Crippen molar-refractivity contribution in [2.45, 2.75) is 26.3 Å². The van der Waals surface area contributed by atoms with E-state index in [1.807, 2.05) is 41.9 Å². The number of fused-ring (bicyclic) bond motifs is 1. The predicted octanol–water partition coefficient (Wildman–Crippen LogP) is 5.11. The number of thiophene rings is 1. The van der Waals surface area contributed by atoms with Crippen LogP contribution in [0.25, 0.3) is 16.2 Å². The molecule has 29 heavy (non-hydrogen) atoms. The highest BCUT2D eigenvalue weighted by molar-refractivity contribution is 7.16. The molecule has 0 bridgehead atoms. The van der Waals surface area contributed by atoms with Crippen molar-refractivity contribution >= 4 is 28.5 Å². The lowest BCUT2D eigenvalue weighted by atomic mass is 10.1. The molecule has 0 atom stereocenters. The summed E-state index contributed by atoms with van der Waals surface area (Å²) in [6, 6.07) is 12.2. The second-order valence-corrected chi connectivity index (χ2v) is 8.82. The SMILES string of the molecule is CNc1cccc(C#Cc2ccc(-c3nc4cnccn4c3NC(C)(C)C)s2)c1. The summed E-state index contributed by atoms with van der Waals surface area (Å²) in [6.45, 7) is 6.42. The Kier molecular flexibility index (Phi) is 4.99. The number of rotatable bonds is 3. The fourth-order valence-corrected chi connectivity index (χ4v) is 3.82. The summed E-state index contributed by atoms with van der Waals surface area (Å²) in [5.41, 5.74) is 3.69. The minimum Gasteiger partial charge on any atom is -0.388 e. The fourth-order valence-electron chi connectivity index (χ4n) is 2.97. The van der Waals surface area contributed by atoms with Crippen LogP contribution >= 0.6 is 11.3 Å². The van der Waals surface area contributed by atoms with E-state index in [-0.39, 0.29) is 5.54 Å². The molecule has 0 aliphatic heterocycles. The molecule has 5 nitrogen and oxygen atoms in total. The van der Waals surface area contributed by atoms with Gasteiger partial charge in [-0.15, -0.1) is 11.3 Å². The molecule has 4 aromatic rings. The van der Waals surface area contributed by atoms with Crippen LogP contribution in [0, 0.1) is 11.8 Å². The van der Waals surface area contributed by atoms with E-state index < -0.39 is 0 Å². The van der Waals surface area contributed by atoms with Crippen molar-refractivity contribution in [1.82, 2.24) is 14.4 Å². The van der Waals surface area contributed by atoms with E-state index in [1.165, 1.54) is 0 Å². The highest BCUT2D eigenvalue weighted by atomic mass is 32.1. The van der Waals surface area contributed by atoms with Gasteiger partial charge in [0.1, 0.15) is 11.5 Å². The molecule has 0 saturated carbocycles. The highest BCUT2D eigenvalue weighted by Crippen LogP contribution is 2.34. The van der Waals surface area contributed by atoms with Crippen LogP contribution in [0.15, 0.2) is 55.0 Å². The molecule has 4 rings (SSSR count). The van der Waals surface area contributed by atoms with Gasteiger partial charge in [0.25, 0.3) is 0 Å². The fraction of sp³-hybridized carbons (Fsp3) is 0.217. The molecular weight excluding hydrogens is 378 g/mol. The number of nitrogens with zero attached hydrogens (tertiary/aromatic N) is 3. The number of imidazole rings is 1. The first-order valence-electron chi connectivity index (χ1n) is 9.43. The van der Waals surface area contributed by atoms with Gasteiger partial charge in [0.15, 0.2) is 5.65 Å². The first-order chi connectivity index (χ1) is 13.9. The third kappa shape index (κ3) is 4.25. The van der Waals surface area contributed by atoms with Crippen molar-refractivity contribution in [2.24, 2.45) is 0 Å². The quantitative estimate of drug-likeness (QED) is 0.469. The van der Waals surface area contributed by atoms with Crippen LogP contribution < -0.4 is 10.6 Å². The summed E-state index contributed by atoms with van der Waals surface area (Å²) in [5.74, 6) is 7.50. The van der Waals surface area contributed by atoms with Crippen LogP contribution in [0.2, 0.25) is 0 Å². The molecule has 2 N–H and O–H groups in total. The van der Waals surface area contributed by atoms with Crippen LogP contribution in [0.4, 0.5) is 11.5 Å². The van der Waals surface area contributed by atoms with Crippen LogP contribution in [0.3, 0.4) is 0 Å². The average Bonchev–Trinajstić information content (AvgIpc) is 3.30. The highest BCUT2D eigenvalue weighted by Gasteiger charge is 2.20. The van der Waals surface area contributed by atoms with E-state index in [0.29, 0.717) is 0 Å². The standard InChI is InChI=1S/C23H23N5S/c1-23(2,3)27-22-21(26-20-15-25-12-13-28(20)22)19-11-10-18(29-19)9-8-16-6-5-7-17(14-16)24-4/h5-7,10-15,24,27H,1-4H3. The third-order valence-corrected chi connectivity index (χ3v) is 5.25. The lowest BCUT2D eigenvalue weighted by molar-refractivity contribution is 0.629. The van der Waals surface area contributed by atoms with Gasteiger partial charge in [-0.25, -0.2) is 4.98 Å². The lowest BCUT2D eigenvalue weighted by Gasteiger charge is -2.22. The molecule has 1 aromatic carbocycles. The molecule has 0 aliphatic carbocycles. The van der Waals surface area contributed by atoms with Gasteiger partial charge in [0.2, 0.25) is 0 Å². The summed E-state index contributed by atoms with van der Waals surface area (Å²) in [6.07, 6.45) is 5.49. The van der Waals surface area contributed by atoms with Gasteiger partial charge in [-0.05, 0) is 51.1 Å². The number of aromatic nitrogens is 3. The maximum Gasteiger partial charge on any atom is 0.157 e. The van der Waals surface area contributed by atoms with Crippen molar-refractivity contribution in [3.05, 3.63) is 65.4 Å². The van der Waals surface area contributed by atoms with E-state index in [2.05, 4.69) is 60.4 Å². The molecule has 0 spiro atoms. The number of nitrogens with one attached hydrogen (secondary N) is 2. The first-order valence-corrected chi connectivity index (χ1v) is 10.2. The summed E-state index contributed by atoms with van der Waals surface area (Å²) in [5, 5.41) is 6.73. The Bertz CT molecular complexity index is 1220. The van der Waals surface area contributed by atoms with Gasteiger partial charge in [-0.1, -0.05) is 17.9 Å². The minimum atomic E-state index is -0.0911. The Labute approximate surface area is 174 Å². The second-order valence-electron chi connectivity index (χ2n) is 7.73. The third-order valence-electron chi connectivity index (χ3n) is 4.24. The monoisotopic (exact) mass is 401 g/mol. The molecule has 0 radical (unpaired) electrons. The smallest absolute Gasteiger partial charge is 0.157 e. The van der Waals surface area contributed by atoms with Crippen molar-refractivity contribution in [3.63, 3.8) is 0 Å². The van der Waals surface area contributed by atoms with E-state index in [1.54, 1.807) is 23.7 Å². The normalized spacial score (nSPS) is 11.2. The summed E-state index contributed by atoms with van der Waals surface area (Å²) >= 11 is 1.65. The van der Waals surface area contributed by atoms with E-state index in [4.69, 9.17) is 4.98 Å². The maximum atomic E-state index is 4.81. The molecule has 0 amide bonds.